The molecule has 2 heterocycles. The maximum Gasteiger partial charge on any atom is 0.417 e. The molecule has 0 amide bonds. The first-order valence-corrected chi connectivity index (χ1v) is 9.11. The second kappa shape index (κ2) is 7.90. The van der Waals surface area contributed by atoms with Crippen molar-refractivity contribution in [3.05, 3.63) is 40.5 Å². The number of likely N-dealkylation sites (N-methyl/N-ethyl adjacent to an activating group) is 1. The van der Waals surface area contributed by atoms with Crippen LogP contribution in [0.25, 0.3) is 0 Å². The van der Waals surface area contributed by atoms with E-state index in [9.17, 15) is 13.2 Å². The molecule has 0 saturated carbocycles. The number of anilines is 3. The lowest BCUT2D eigenvalue weighted by molar-refractivity contribution is -0.137. The van der Waals surface area contributed by atoms with Gasteiger partial charge in [-0.3, -0.25) is 0 Å². The zero-order valence-corrected chi connectivity index (χ0v) is 15.9. The Kier molecular flexibility index (Phi) is 5.76. The average molecular weight is 400 g/mol. The molecule has 0 unspecified atom stereocenters. The van der Waals surface area contributed by atoms with Crippen LogP contribution in [0, 0.1) is 6.92 Å². The molecule has 5 nitrogen and oxygen atoms in total. The van der Waals surface area contributed by atoms with Crippen LogP contribution in [0.1, 0.15) is 18.2 Å². The fourth-order valence-corrected chi connectivity index (χ4v) is 3.22. The van der Waals surface area contributed by atoms with Crippen molar-refractivity contribution >= 4 is 29.1 Å². The Morgan fingerprint density at radius 2 is 1.81 bits per heavy atom. The molecule has 1 aliphatic rings. The molecule has 3 rings (SSSR count). The van der Waals surface area contributed by atoms with Crippen LogP contribution < -0.4 is 10.2 Å². The SMILES string of the molecule is CCN1CCN(c2nc(C)cc(Nc3ccc(Cl)c(C(F)(F)F)c3)n2)CC1. The Labute approximate surface area is 161 Å². The number of hydrogen-bond acceptors (Lipinski definition) is 5. The lowest BCUT2D eigenvalue weighted by Crippen LogP contribution is -2.46. The molecule has 0 spiro atoms. The van der Waals surface area contributed by atoms with Crippen LogP contribution in [-0.2, 0) is 6.18 Å². The second-order valence-electron chi connectivity index (χ2n) is 6.43. The minimum atomic E-state index is -4.51. The molecule has 1 N–H and O–H groups in total. The lowest BCUT2D eigenvalue weighted by atomic mass is 10.2. The summed E-state index contributed by atoms with van der Waals surface area (Å²) in [5.74, 6) is 1.03. The Hall–Kier alpha value is -2.06. The number of halogens is 4. The third-order valence-corrected chi connectivity index (χ3v) is 4.82. The highest BCUT2D eigenvalue weighted by molar-refractivity contribution is 6.31. The third-order valence-electron chi connectivity index (χ3n) is 4.49. The minimum Gasteiger partial charge on any atom is -0.340 e. The first kappa shape index (κ1) is 19.7. The highest BCUT2D eigenvalue weighted by Gasteiger charge is 2.33. The molecule has 1 aromatic heterocycles. The van der Waals surface area contributed by atoms with Crippen molar-refractivity contribution in [2.75, 3.05) is 42.9 Å². The summed E-state index contributed by atoms with van der Waals surface area (Å²) in [4.78, 5) is 13.4. The van der Waals surface area contributed by atoms with E-state index in [1.807, 2.05) is 6.92 Å². The summed E-state index contributed by atoms with van der Waals surface area (Å²) in [7, 11) is 0. The average Bonchev–Trinajstić information content (AvgIpc) is 2.62. The summed E-state index contributed by atoms with van der Waals surface area (Å²) in [5, 5.41) is 2.61. The second-order valence-corrected chi connectivity index (χ2v) is 6.84. The molecule has 1 fully saturated rings. The number of nitrogens with zero attached hydrogens (tertiary/aromatic N) is 4. The maximum atomic E-state index is 13.1. The molecule has 0 radical (unpaired) electrons. The highest BCUT2D eigenvalue weighted by atomic mass is 35.5. The summed E-state index contributed by atoms with van der Waals surface area (Å²) in [5.41, 5.74) is 0.132. The van der Waals surface area contributed by atoms with E-state index in [1.54, 1.807) is 6.07 Å². The van der Waals surface area contributed by atoms with E-state index in [0.717, 1.165) is 44.5 Å². The Bertz CT molecular complexity index is 804. The molecule has 2 aromatic rings. The van der Waals surface area contributed by atoms with Gasteiger partial charge in [-0.05, 0) is 31.7 Å². The lowest BCUT2D eigenvalue weighted by Gasteiger charge is -2.34. The number of rotatable bonds is 4. The van der Waals surface area contributed by atoms with Crippen LogP contribution in [0.2, 0.25) is 5.02 Å². The van der Waals surface area contributed by atoms with Crippen LogP contribution in [0.5, 0.6) is 0 Å². The monoisotopic (exact) mass is 399 g/mol. The van der Waals surface area contributed by atoms with Crippen molar-refractivity contribution in [1.82, 2.24) is 14.9 Å². The molecule has 146 valence electrons. The van der Waals surface area contributed by atoms with E-state index >= 15 is 0 Å². The van der Waals surface area contributed by atoms with Crippen molar-refractivity contribution in [3.8, 4) is 0 Å². The Morgan fingerprint density at radius 1 is 1.11 bits per heavy atom. The van der Waals surface area contributed by atoms with Crippen LogP contribution in [0.15, 0.2) is 24.3 Å². The minimum absolute atomic E-state index is 0.270. The van der Waals surface area contributed by atoms with Crippen LogP contribution >= 0.6 is 11.6 Å². The summed E-state index contributed by atoms with van der Waals surface area (Å²) < 4.78 is 39.2. The summed E-state index contributed by atoms with van der Waals surface area (Å²) in [6.45, 7) is 8.47. The number of nitrogens with one attached hydrogen (secondary N) is 1. The predicted octanol–water partition coefficient (Wildman–Crippen LogP) is 4.34. The van der Waals surface area contributed by atoms with Crippen LogP contribution in [0.3, 0.4) is 0 Å². The Morgan fingerprint density at radius 3 is 2.44 bits per heavy atom. The van der Waals surface area contributed by atoms with Gasteiger partial charge in [0.2, 0.25) is 5.95 Å². The number of hydrogen-bond donors (Lipinski definition) is 1. The molecule has 0 bridgehead atoms. The molecule has 0 atom stereocenters. The van der Waals surface area contributed by atoms with E-state index < -0.39 is 11.7 Å². The zero-order valence-electron chi connectivity index (χ0n) is 15.1. The van der Waals surface area contributed by atoms with E-state index in [1.165, 1.54) is 12.1 Å². The van der Waals surface area contributed by atoms with Gasteiger partial charge in [0.25, 0.3) is 0 Å². The van der Waals surface area contributed by atoms with Gasteiger partial charge >= 0.3 is 6.18 Å². The predicted molar refractivity (Wildman–Crippen MR) is 101 cm³/mol. The van der Waals surface area contributed by atoms with Gasteiger partial charge in [-0.25, -0.2) is 4.98 Å². The topological polar surface area (TPSA) is 44.3 Å². The first-order chi connectivity index (χ1) is 12.8. The van der Waals surface area contributed by atoms with Crippen LogP contribution in [0.4, 0.5) is 30.6 Å². The molecule has 27 heavy (non-hydrogen) atoms. The number of aromatic nitrogens is 2. The van der Waals surface area contributed by atoms with E-state index in [2.05, 4.69) is 32.0 Å². The fourth-order valence-electron chi connectivity index (χ4n) is 2.99. The summed E-state index contributed by atoms with van der Waals surface area (Å²) >= 11 is 5.68. The molecule has 1 saturated heterocycles. The van der Waals surface area contributed by atoms with Crippen molar-refractivity contribution in [3.63, 3.8) is 0 Å². The standard InChI is InChI=1S/C18H21ClF3N5/c1-3-26-6-8-27(9-7-26)17-23-12(2)10-16(25-17)24-13-4-5-15(19)14(11-13)18(20,21)22/h4-5,10-11H,3,6-9H2,1-2H3,(H,23,24,25). The normalized spacial score (nSPS) is 15.9. The summed E-state index contributed by atoms with van der Waals surface area (Å²) in [6.07, 6.45) is -4.51. The van der Waals surface area contributed by atoms with Gasteiger partial charge in [0.05, 0.1) is 10.6 Å². The zero-order chi connectivity index (χ0) is 19.6. The molecule has 9 heteroatoms. The number of piperazine rings is 1. The van der Waals surface area contributed by atoms with Gasteiger partial charge in [-0.15, -0.1) is 0 Å². The molecule has 0 aliphatic carbocycles. The number of benzene rings is 1. The smallest absolute Gasteiger partial charge is 0.340 e. The van der Waals surface area contributed by atoms with Gasteiger partial charge in [-0.2, -0.15) is 18.2 Å². The van der Waals surface area contributed by atoms with Gasteiger partial charge in [-0.1, -0.05) is 18.5 Å². The van der Waals surface area contributed by atoms with Gasteiger partial charge in [0.15, 0.2) is 0 Å². The highest BCUT2D eigenvalue weighted by Crippen LogP contribution is 2.36. The largest absolute Gasteiger partial charge is 0.417 e. The summed E-state index contributed by atoms with van der Waals surface area (Å²) in [6, 6.07) is 5.41. The fraction of sp³-hybridized carbons (Fsp3) is 0.444. The van der Waals surface area contributed by atoms with E-state index in [-0.39, 0.29) is 10.7 Å². The first-order valence-electron chi connectivity index (χ1n) is 8.73. The van der Waals surface area contributed by atoms with Crippen LogP contribution in [-0.4, -0.2) is 47.6 Å². The van der Waals surface area contributed by atoms with Crippen molar-refractivity contribution in [1.29, 1.82) is 0 Å². The molecular formula is C18H21ClF3N5. The molecular weight excluding hydrogens is 379 g/mol. The maximum absolute atomic E-state index is 13.1. The number of alkyl halides is 3. The van der Waals surface area contributed by atoms with Crippen molar-refractivity contribution < 1.29 is 13.2 Å². The van der Waals surface area contributed by atoms with Crippen molar-refractivity contribution in [2.24, 2.45) is 0 Å². The van der Waals surface area contributed by atoms with Gasteiger partial charge in [0, 0.05) is 43.6 Å². The Balaban J connectivity index is 1.81. The number of aryl methyl sites for hydroxylation is 1. The molecule has 1 aromatic carbocycles. The van der Waals surface area contributed by atoms with E-state index in [4.69, 9.17) is 11.6 Å². The van der Waals surface area contributed by atoms with Gasteiger partial charge in [0.1, 0.15) is 5.82 Å². The van der Waals surface area contributed by atoms with Gasteiger partial charge < -0.3 is 15.1 Å². The third kappa shape index (κ3) is 4.81. The van der Waals surface area contributed by atoms with Crippen molar-refractivity contribution in [2.45, 2.75) is 20.0 Å². The van der Waals surface area contributed by atoms with E-state index in [0.29, 0.717) is 11.8 Å². The quantitative estimate of drug-likeness (QED) is 0.828. The molecule has 1 aliphatic heterocycles.